The SMILES string of the molecule is C1=C(c2ccccc2)CCC=C1c1nc2c(nc1-c1cccc(-c3ccccc3)c1)oc1ccc(-c3ccc4c(c3)c3ccccc3n4-c3ccccc3)cc12. The van der Waals surface area contributed by atoms with Gasteiger partial charge in [0, 0.05) is 27.4 Å². The van der Waals surface area contributed by atoms with Crippen LogP contribution in [0.3, 0.4) is 0 Å². The second kappa shape index (κ2) is 13.2. The third-order valence-corrected chi connectivity index (χ3v) is 11.1. The van der Waals surface area contributed by atoms with Crippen LogP contribution in [0.2, 0.25) is 0 Å². The van der Waals surface area contributed by atoms with Crippen molar-refractivity contribution in [1.29, 1.82) is 0 Å². The molecule has 0 bridgehead atoms. The van der Waals surface area contributed by atoms with Crippen LogP contribution in [0, 0.1) is 0 Å². The van der Waals surface area contributed by atoms with Gasteiger partial charge >= 0.3 is 0 Å². The van der Waals surface area contributed by atoms with Crippen LogP contribution >= 0.6 is 0 Å². The molecule has 0 N–H and O–H groups in total. The van der Waals surface area contributed by atoms with Crippen molar-refractivity contribution in [3.05, 3.63) is 199 Å². The van der Waals surface area contributed by atoms with E-state index in [0.29, 0.717) is 5.71 Å². The third-order valence-electron chi connectivity index (χ3n) is 11.1. The fourth-order valence-electron chi connectivity index (χ4n) is 8.39. The molecule has 0 aliphatic heterocycles. The third kappa shape index (κ3) is 5.46. The van der Waals surface area contributed by atoms with Gasteiger partial charge in [0.1, 0.15) is 16.8 Å². The van der Waals surface area contributed by atoms with E-state index in [9.17, 15) is 0 Å². The van der Waals surface area contributed by atoms with Crippen molar-refractivity contribution >= 4 is 55.2 Å². The predicted molar refractivity (Wildman–Crippen MR) is 232 cm³/mol. The number of furan rings is 1. The lowest BCUT2D eigenvalue weighted by atomic mass is 9.91. The lowest BCUT2D eigenvalue weighted by molar-refractivity contribution is 0.653. The van der Waals surface area contributed by atoms with Crippen molar-refractivity contribution in [2.45, 2.75) is 12.8 Å². The van der Waals surface area contributed by atoms with Gasteiger partial charge in [-0.15, -0.1) is 0 Å². The molecule has 0 spiro atoms. The van der Waals surface area contributed by atoms with Crippen LogP contribution in [-0.2, 0) is 0 Å². The van der Waals surface area contributed by atoms with Gasteiger partial charge in [0.05, 0.1) is 16.7 Å². The highest BCUT2D eigenvalue weighted by atomic mass is 16.3. The van der Waals surface area contributed by atoms with Crippen LogP contribution in [0.1, 0.15) is 24.1 Å². The molecule has 0 unspecified atom stereocenters. The fraction of sp³-hybridized carbons (Fsp3) is 0.0385. The predicted octanol–water partition coefficient (Wildman–Crippen LogP) is 13.7. The first kappa shape index (κ1) is 32.2. The molecule has 0 saturated carbocycles. The molecule has 3 heterocycles. The zero-order valence-electron chi connectivity index (χ0n) is 30.6. The highest BCUT2D eigenvalue weighted by molar-refractivity contribution is 6.11. The smallest absolute Gasteiger partial charge is 0.246 e. The summed E-state index contributed by atoms with van der Waals surface area (Å²) in [7, 11) is 0. The average Bonchev–Trinajstić information content (AvgIpc) is 3.81. The van der Waals surface area contributed by atoms with Crippen LogP contribution in [-0.4, -0.2) is 14.5 Å². The van der Waals surface area contributed by atoms with Gasteiger partial charge in [-0.05, 0) is 106 Å². The van der Waals surface area contributed by atoms with Crippen molar-refractivity contribution in [3.8, 4) is 39.2 Å². The second-order valence-corrected chi connectivity index (χ2v) is 14.5. The molecule has 0 amide bonds. The van der Waals surface area contributed by atoms with Crippen LogP contribution < -0.4 is 0 Å². The van der Waals surface area contributed by atoms with Crippen LogP contribution in [0.25, 0.3) is 94.4 Å². The summed E-state index contributed by atoms with van der Waals surface area (Å²) in [5, 5.41) is 3.39. The Morgan fingerprint density at radius 1 is 0.464 bits per heavy atom. The molecule has 4 heteroatoms. The summed E-state index contributed by atoms with van der Waals surface area (Å²) >= 11 is 0. The Kier molecular flexibility index (Phi) is 7.59. The molecule has 1 aliphatic carbocycles. The molecule has 11 rings (SSSR count). The summed E-state index contributed by atoms with van der Waals surface area (Å²) in [5.74, 6) is 0. The Balaban J connectivity index is 1.08. The maximum atomic E-state index is 6.52. The Morgan fingerprint density at radius 3 is 1.93 bits per heavy atom. The normalized spacial score (nSPS) is 13.1. The molecule has 0 saturated heterocycles. The van der Waals surface area contributed by atoms with Gasteiger partial charge in [0.15, 0.2) is 0 Å². The maximum Gasteiger partial charge on any atom is 0.246 e. The van der Waals surface area contributed by atoms with E-state index in [1.807, 2.05) is 6.07 Å². The Bertz CT molecular complexity index is 3170. The molecule has 0 atom stereocenters. The first-order valence-electron chi connectivity index (χ1n) is 19.2. The average molecular weight is 718 g/mol. The number of rotatable bonds is 6. The van der Waals surface area contributed by atoms with Gasteiger partial charge < -0.3 is 8.98 Å². The minimum absolute atomic E-state index is 0.533. The van der Waals surface area contributed by atoms with Crippen LogP contribution in [0.5, 0.6) is 0 Å². The fourth-order valence-corrected chi connectivity index (χ4v) is 8.39. The summed E-state index contributed by atoms with van der Waals surface area (Å²) in [6, 6.07) is 62.2. The topological polar surface area (TPSA) is 43.9 Å². The van der Waals surface area contributed by atoms with E-state index in [1.54, 1.807) is 0 Å². The first-order valence-corrected chi connectivity index (χ1v) is 19.2. The maximum absolute atomic E-state index is 6.52. The first-order chi connectivity index (χ1) is 27.7. The molecule has 0 fully saturated rings. The van der Waals surface area contributed by atoms with E-state index in [0.717, 1.165) is 79.8 Å². The highest BCUT2D eigenvalue weighted by Crippen LogP contribution is 2.40. The summed E-state index contributed by atoms with van der Waals surface area (Å²) in [6.07, 6.45) is 6.52. The van der Waals surface area contributed by atoms with Crippen molar-refractivity contribution in [3.63, 3.8) is 0 Å². The molecule has 0 radical (unpaired) electrons. The number of para-hydroxylation sites is 2. The zero-order valence-corrected chi connectivity index (χ0v) is 30.6. The van der Waals surface area contributed by atoms with Crippen molar-refractivity contribution < 1.29 is 4.42 Å². The lowest BCUT2D eigenvalue weighted by Crippen LogP contribution is -2.00. The largest absolute Gasteiger partial charge is 0.436 e. The lowest BCUT2D eigenvalue weighted by Gasteiger charge is -2.16. The van der Waals surface area contributed by atoms with E-state index in [4.69, 9.17) is 14.4 Å². The Morgan fingerprint density at radius 2 is 1.11 bits per heavy atom. The van der Waals surface area contributed by atoms with E-state index >= 15 is 0 Å². The standard InChI is InChI=1S/C52H35N3O/c1-4-14-34(15-5-1)36-18-12-20-40(30-36)49-50(41-21-13-19-37(31-41)35-16-6-2-7-17-35)54-52-51(53-49)45-33-39(27-29-48(45)56-52)38-26-28-47-44(32-38)43-24-10-11-25-46(43)55(47)42-22-8-3-9-23-42/h1-11,13-17,19-33H,12,18H2. The monoisotopic (exact) mass is 717 g/mol. The molecule has 1 aliphatic rings. The zero-order chi connectivity index (χ0) is 37.0. The van der Waals surface area contributed by atoms with Gasteiger partial charge in [-0.1, -0.05) is 133 Å². The van der Waals surface area contributed by atoms with Gasteiger partial charge in [-0.25, -0.2) is 9.97 Å². The van der Waals surface area contributed by atoms with Gasteiger partial charge in [-0.3, -0.25) is 0 Å². The minimum Gasteiger partial charge on any atom is -0.436 e. The summed E-state index contributed by atoms with van der Waals surface area (Å²) in [6.45, 7) is 0. The molecule has 10 aromatic rings. The number of hydrogen-bond donors (Lipinski definition) is 0. The summed E-state index contributed by atoms with van der Waals surface area (Å²) in [5.41, 5.74) is 16.4. The van der Waals surface area contributed by atoms with Gasteiger partial charge in [0.2, 0.25) is 5.71 Å². The van der Waals surface area contributed by atoms with E-state index < -0.39 is 0 Å². The van der Waals surface area contributed by atoms with Crippen LogP contribution in [0.15, 0.2) is 192 Å². The molecular formula is C52H35N3O. The molecule has 264 valence electrons. The van der Waals surface area contributed by atoms with E-state index in [-0.39, 0.29) is 0 Å². The van der Waals surface area contributed by atoms with Gasteiger partial charge in [-0.2, -0.15) is 0 Å². The molecule has 7 aromatic carbocycles. The molecule has 56 heavy (non-hydrogen) atoms. The van der Waals surface area contributed by atoms with Crippen molar-refractivity contribution in [2.75, 3.05) is 0 Å². The van der Waals surface area contributed by atoms with E-state index in [2.05, 4.69) is 187 Å². The van der Waals surface area contributed by atoms with E-state index in [1.165, 1.54) is 32.9 Å². The highest BCUT2D eigenvalue weighted by Gasteiger charge is 2.22. The summed E-state index contributed by atoms with van der Waals surface area (Å²) < 4.78 is 8.87. The van der Waals surface area contributed by atoms with Crippen LogP contribution in [0.4, 0.5) is 0 Å². The number of benzene rings is 7. The Hall–Kier alpha value is -7.30. The molecule has 4 nitrogen and oxygen atoms in total. The number of fused-ring (bicyclic) bond motifs is 6. The number of hydrogen-bond acceptors (Lipinski definition) is 3. The quantitative estimate of drug-likeness (QED) is 0.172. The minimum atomic E-state index is 0.533. The summed E-state index contributed by atoms with van der Waals surface area (Å²) in [4.78, 5) is 10.8. The number of allylic oxidation sites excluding steroid dienone is 4. The number of nitrogens with zero attached hydrogens (tertiary/aromatic N) is 3. The Labute approximate surface area is 324 Å². The molecular weight excluding hydrogens is 683 g/mol. The number of aromatic nitrogens is 3. The second-order valence-electron chi connectivity index (χ2n) is 14.5. The molecule has 3 aromatic heterocycles. The van der Waals surface area contributed by atoms with Crippen molar-refractivity contribution in [2.24, 2.45) is 0 Å². The van der Waals surface area contributed by atoms with Crippen molar-refractivity contribution in [1.82, 2.24) is 14.5 Å². The van der Waals surface area contributed by atoms with Gasteiger partial charge in [0.25, 0.3) is 0 Å².